The molecule has 3 N–H and O–H groups in total. The maximum Gasteiger partial charge on any atom is 0.510 e. The van der Waals surface area contributed by atoms with Gasteiger partial charge in [-0.15, -0.1) is 4.52 Å². The average molecular weight is 470 g/mol. The van der Waals surface area contributed by atoms with Crippen LogP contribution in [0.4, 0.5) is 4.79 Å². The van der Waals surface area contributed by atoms with Crippen LogP contribution in [0.5, 0.6) is 0 Å². The first-order valence-corrected chi connectivity index (χ1v) is 12.1. The van der Waals surface area contributed by atoms with Crippen LogP contribution in [0, 0.1) is 5.92 Å². The molecule has 0 spiro atoms. The lowest BCUT2D eigenvalue weighted by Gasteiger charge is -2.23. The second-order valence-electron chi connectivity index (χ2n) is 10.0. The van der Waals surface area contributed by atoms with E-state index in [-0.39, 0.29) is 18.6 Å². The van der Waals surface area contributed by atoms with Crippen molar-refractivity contribution in [3.05, 3.63) is 35.4 Å². The quantitative estimate of drug-likeness (QED) is 0.302. The zero-order valence-electron chi connectivity index (χ0n) is 20.4. The zero-order valence-corrected chi connectivity index (χ0v) is 21.3. The summed E-state index contributed by atoms with van der Waals surface area (Å²) in [5.41, 5.74) is 5.95. The summed E-state index contributed by atoms with van der Waals surface area (Å²) in [6.45, 7) is 14.6. The van der Waals surface area contributed by atoms with Gasteiger partial charge in [-0.25, -0.2) is 4.79 Å². The molecule has 0 saturated heterocycles. The van der Waals surface area contributed by atoms with Gasteiger partial charge in [0, 0.05) is 6.54 Å². The van der Waals surface area contributed by atoms with Crippen molar-refractivity contribution in [2.75, 3.05) is 6.16 Å². The number of alkyl carbamates (subject to hydrolysis) is 1. The second-order valence-corrected chi connectivity index (χ2v) is 11.3. The summed E-state index contributed by atoms with van der Waals surface area (Å²) in [6.07, 6.45) is -1.29. The van der Waals surface area contributed by atoms with Gasteiger partial charge in [0.15, 0.2) is 12.4 Å². The number of carbonyl (C=O) groups excluding carboxylic acids is 2. The van der Waals surface area contributed by atoms with Crippen LogP contribution in [-0.4, -0.2) is 35.7 Å². The number of esters is 1. The fourth-order valence-electron chi connectivity index (χ4n) is 2.55. The van der Waals surface area contributed by atoms with Crippen molar-refractivity contribution in [1.29, 1.82) is 0 Å². The molecule has 3 unspecified atom stereocenters. The van der Waals surface area contributed by atoms with Crippen molar-refractivity contribution in [3.63, 3.8) is 0 Å². The van der Waals surface area contributed by atoms with Crippen LogP contribution in [-0.2, 0) is 29.9 Å². The predicted octanol–water partition coefficient (Wildman–Crippen LogP) is 4.84. The first kappa shape index (κ1) is 28.0. The third-order valence-corrected chi connectivity index (χ3v) is 5.25. The number of ether oxygens (including phenoxy) is 2. The van der Waals surface area contributed by atoms with Crippen molar-refractivity contribution in [1.82, 2.24) is 5.32 Å². The Morgan fingerprint density at radius 2 is 1.66 bits per heavy atom. The molecule has 0 radical (unpaired) electrons. The molecule has 32 heavy (non-hydrogen) atoms. The van der Waals surface area contributed by atoms with E-state index in [0.29, 0.717) is 5.56 Å². The van der Waals surface area contributed by atoms with E-state index < -0.39 is 43.4 Å². The third-order valence-electron chi connectivity index (χ3n) is 4.11. The Balaban J connectivity index is 3.03. The minimum atomic E-state index is -2.20. The Bertz CT molecular complexity index is 798. The van der Waals surface area contributed by atoms with Gasteiger partial charge in [-0.05, 0) is 63.2 Å². The van der Waals surface area contributed by atoms with Gasteiger partial charge in [0.2, 0.25) is 0 Å². The molecule has 180 valence electrons. The molecule has 8 nitrogen and oxygen atoms in total. The van der Waals surface area contributed by atoms with E-state index in [9.17, 15) is 14.2 Å². The first-order valence-electron chi connectivity index (χ1n) is 10.7. The number of hydrogen-bond acceptors (Lipinski definition) is 7. The highest BCUT2D eigenvalue weighted by molar-refractivity contribution is 7.39. The highest BCUT2D eigenvalue weighted by Gasteiger charge is 2.36. The summed E-state index contributed by atoms with van der Waals surface area (Å²) in [4.78, 5) is 24.9. The van der Waals surface area contributed by atoms with Crippen LogP contribution in [0.15, 0.2) is 24.3 Å². The van der Waals surface area contributed by atoms with E-state index in [4.69, 9.17) is 19.7 Å². The molecule has 0 heterocycles. The van der Waals surface area contributed by atoms with Gasteiger partial charge in [0.1, 0.15) is 17.1 Å². The predicted molar refractivity (Wildman–Crippen MR) is 124 cm³/mol. The van der Waals surface area contributed by atoms with Gasteiger partial charge in [-0.1, -0.05) is 38.1 Å². The number of nitrogens with two attached hydrogens (primary N) is 1. The molecule has 0 aliphatic rings. The fraction of sp³-hybridized carbons (Fsp3) is 0.652. The van der Waals surface area contributed by atoms with E-state index in [1.807, 2.05) is 19.9 Å². The zero-order chi connectivity index (χ0) is 24.7. The van der Waals surface area contributed by atoms with Gasteiger partial charge in [-0.2, -0.15) is 0 Å². The molecule has 0 bridgehead atoms. The molecule has 1 aromatic rings. The van der Waals surface area contributed by atoms with E-state index in [0.717, 1.165) is 5.56 Å². The summed E-state index contributed by atoms with van der Waals surface area (Å²) in [7, 11) is -2.20. The van der Waals surface area contributed by atoms with E-state index in [2.05, 4.69) is 5.32 Å². The molecule has 3 atom stereocenters. The molecule has 0 aliphatic heterocycles. The minimum Gasteiger partial charge on any atom is -0.459 e. The van der Waals surface area contributed by atoms with Crippen LogP contribution in [0.2, 0.25) is 0 Å². The van der Waals surface area contributed by atoms with Crippen LogP contribution >= 0.6 is 8.03 Å². The van der Waals surface area contributed by atoms with Crippen LogP contribution < -0.4 is 11.1 Å². The molecule has 1 amide bonds. The molecule has 0 fully saturated rings. The van der Waals surface area contributed by atoms with Crippen molar-refractivity contribution >= 4 is 20.1 Å². The summed E-state index contributed by atoms with van der Waals surface area (Å²) < 4.78 is 28.8. The number of rotatable bonds is 9. The normalized spacial score (nSPS) is 14.5. The molecular formula is C23H38N2O6P+. The van der Waals surface area contributed by atoms with Gasteiger partial charge in [0.05, 0.1) is 0 Å². The molecule has 0 aliphatic carbocycles. The molecule has 1 aromatic carbocycles. The molecule has 0 aromatic heterocycles. The van der Waals surface area contributed by atoms with Gasteiger partial charge >= 0.3 is 20.1 Å². The lowest BCUT2D eigenvalue weighted by molar-refractivity contribution is -0.156. The van der Waals surface area contributed by atoms with Crippen molar-refractivity contribution in [3.8, 4) is 0 Å². The molecule has 9 heteroatoms. The maximum absolute atomic E-state index is 12.9. The third kappa shape index (κ3) is 11.0. The van der Waals surface area contributed by atoms with Crippen LogP contribution in [0.25, 0.3) is 0 Å². The molecular weight excluding hydrogens is 431 g/mol. The lowest BCUT2D eigenvalue weighted by Crippen LogP contribution is -2.32. The smallest absolute Gasteiger partial charge is 0.459 e. The Kier molecular flexibility index (Phi) is 10.3. The average Bonchev–Trinajstić information content (AvgIpc) is 2.61. The van der Waals surface area contributed by atoms with Gasteiger partial charge in [-0.3, -0.25) is 4.79 Å². The molecule has 0 saturated carbocycles. The summed E-state index contributed by atoms with van der Waals surface area (Å²) in [6, 6.07) is 7.12. The maximum atomic E-state index is 12.9. The van der Waals surface area contributed by atoms with Crippen molar-refractivity contribution in [2.24, 2.45) is 11.7 Å². The summed E-state index contributed by atoms with van der Waals surface area (Å²) >= 11 is 0. The van der Waals surface area contributed by atoms with Gasteiger partial charge in [0.25, 0.3) is 0 Å². The Morgan fingerprint density at radius 3 is 2.19 bits per heavy atom. The van der Waals surface area contributed by atoms with E-state index in [1.54, 1.807) is 59.7 Å². The number of hydrogen-bond donors (Lipinski definition) is 2. The first-order chi connectivity index (χ1) is 14.6. The standard InChI is InChI=1S/C23H37N2O6P/c1-15(2)19(24)31-32(28)14-18(20(26)29-22(3,4)5)17-11-9-10-16(12-17)13-25-21(27)30-23(6,7)8/h9-12,15,18-19H,13-14,24H2,1-8H3/p+1. The Morgan fingerprint density at radius 1 is 1.06 bits per heavy atom. The highest BCUT2D eigenvalue weighted by Crippen LogP contribution is 2.34. The van der Waals surface area contributed by atoms with Crippen LogP contribution in [0.1, 0.15) is 72.4 Å². The summed E-state index contributed by atoms with van der Waals surface area (Å²) in [5, 5.41) is 2.69. The SMILES string of the molecule is CC(C)C(N)O[P+](=O)CC(C(=O)OC(C)(C)C)c1cccc(CNC(=O)OC(C)(C)C)c1. The van der Waals surface area contributed by atoms with Gasteiger partial charge < -0.3 is 20.5 Å². The second kappa shape index (κ2) is 11.7. The monoisotopic (exact) mass is 469 g/mol. The largest absolute Gasteiger partial charge is 0.510 e. The minimum absolute atomic E-state index is 0.0174. The highest BCUT2D eigenvalue weighted by atomic mass is 31.1. The number of benzene rings is 1. The van der Waals surface area contributed by atoms with E-state index >= 15 is 0 Å². The van der Waals surface area contributed by atoms with E-state index in [1.165, 1.54) is 0 Å². The number of nitrogens with one attached hydrogen (secondary N) is 1. The van der Waals surface area contributed by atoms with Crippen molar-refractivity contribution < 1.29 is 28.2 Å². The number of carbonyl (C=O) groups is 2. The molecule has 1 rings (SSSR count). The summed E-state index contributed by atoms with van der Waals surface area (Å²) in [5.74, 6) is -1.32. The number of amides is 1. The topological polar surface area (TPSA) is 117 Å². The van der Waals surface area contributed by atoms with Crippen molar-refractivity contribution in [2.45, 2.75) is 85.3 Å². The lowest BCUT2D eigenvalue weighted by atomic mass is 9.98. The Hall–Kier alpha value is -2.02. The van der Waals surface area contributed by atoms with Crippen LogP contribution in [0.3, 0.4) is 0 Å². The Labute approximate surface area is 192 Å². The fourth-order valence-corrected chi connectivity index (χ4v) is 3.81.